The van der Waals surface area contributed by atoms with E-state index in [9.17, 15) is 13.2 Å². The van der Waals surface area contributed by atoms with E-state index in [1.54, 1.807) is 48.5 Å². The number of aryl methyl sites for hydroxylation is 1. The maximum Gasteiger partial charge on any atom is 0.264 e. The number of anilines is 1. The SMILES string of the molecule is Cc1ccc(S(=O)(=O)N(CC(=O)Cc2ccccc2-c2ccccc2)c2ccc(Cl)cc2)cc1. The van der Waals surface area contributed by atoms with Crippen LogP contribution in [-0.4, -0.2) is 20.7 Å². The van der Waals surface area contributed by atoms with Crippen LogP contribution in [0.4, 0.5) is 5.69 Å². The van der Waals surface area contributed by atoms with Gasteiger partial charge in [0, 0.05) is 11.4 Å². The van der Waals surface area contributed by atoms with E-state index in [1.165, 1.54) is 0 Å². The Morgan fingerprint density at radius 1 is 0.794 bits per heavy atom. The Morgan fingerprint density at radius 3 is 2.09 bits per heavy atom. The summed E-state index contributed by atoms with van der Waals surface area (Å²) in [6.07, 6.45) is 0.110. The number of Topliss-reactive ketones (excluding diaryl/α,β-unsaturated/α-hetero) is 1. The van der Waals surface area contributed by atoms with Gasteiger partial charge < -0.3 is 0 Å². The van der Waals surface area contributed by atoms with Gasteiger partial charge in [0.15, 0.2) is 5.78 Å². The van der Waals surface area contributed by atoms with Crippen molar-refractivity contribution in [2.45, 2.75) is 18.2 Å². The van der Waals surface area contributed by atoms with Gasteiger partial charge in [-0.1, -0.05) is 83.9 Å². The molecule has 0 bridgehead atoms. The third-order valence-corrected chi connectivity index (χ3v) is 7.57. The molecule has 0 amide bonds. The molecular formula is C28H24ClNO3S. The second-order valence-electron chi connectivity index (χ2n) is 8.04. The van der Waals surface area contributed by atoms with Crippen LogP contribution in [0.5, 0.6) is 0 Å². The third-order valence-electron chi connectivity index (χ3n) is 5.53. The molecule has 0 aliphatic rings. The summed E-state index contributed by atoms with van der Waals surface area (Å²) < 4.78 is 28.2. The van der Waals surface area contributed by atoms with Gasteiger partial charge in [0.2, 0.25) is 0 Å². The highest BCUT2D eigenvalue weighted by Crippen LogP contribution is 2.27. The van der Waals surface area contributed by atoms with Crippen molar-refractivity contribution in [3.8, 4) is 11.1 Å². The van der Waals surface area contributed by atoms with Crippen LogP contribution in [-0.2, 0) is 21.2 Å². The summed E-state index contributed by atoms with van der Waals surface area (Å²) in [5.41, 5.74) is 4.14. The van der Waals surface area contributed by atoms with Crippen LogP contribution in [0.1, 0.15) is 11.1 Å². The highest BCUT2D eigenvalue weighted by Gasteiger charge is 2.27. The molecule has 0 radical (unpaired) electrons. The molecule has 0 fully saturated rings. The lowest BCUT2D eigenvalue weighted by Gasteiger charge is -2.24. The molecule has 34 heavy (non-hydrogen) atoms. The lowest BCUT2D eigenvalue weighted by molar-refractivity contribution is -0.117. The lowest BCUT2D eigenvalue weighted by atomic mass is 9.96. The first-order valence-electron chi connectivity index (χ1n) is 10.8. The predicted molar refractivity (Wildman–Crippen MR) is 138 cm³/mol. The number of ketones is 1. The van der Waals surface area contributed by atoms with E-state index in [1.807, 2.05) is 61.5 Å². The Kier molecular flexibility index (Phi) is 7.15. The molecule has 0 N–H and O–H groups in total. The zero-order chi connectivity index (χ0) is 24.1. The largest absolute Gasteiger partial charge is 0.297 e. The Labute approximate surface area is 205 Å². The molecule has 4 nitrogen and oxygen atoms in total. The molecule has 0 aromatic heterocycles. The smallest absolute Gasteiger partial charge is 0.264 e. The van der Waals surface area contributed by atoms with Crippen LogP contribution in [0.25, 0.3) is 11.1 Å². The number of hydrogen-bond acceptors (Lipinski definition) is 3. The first-order valence-corrected chi connectivity index (χ1v) is 12.7. The van der Waals surface area contributed by atoms with Gasteiger partial charge in [0.25, 0.3) is 10.0 Å². The maximum atomic E-state index is 13.5. The van der Waals surface area contributed by atoms with Gasteiger partial charge in [-0.15, -0.1) is 0 Å². The number of carbonyl (C=O) groups excluding carboxylic acids is 1. The van der Waals surface area contributed by atoms with Crippen LogP contribution in [0.3, 0.4) is 0 Å². The predicted octanol–water partition coefficient (Wildman–Crippen LogP) is 6.32. The normalized spacial score (nSPS) is 11.2. The lowest BCUT2D eigenvalue weighted by Crippen LogP contribution is -2.36. The number of sulfonamides is 1. The Hall–Kier alpha value is -3.41. The van der Waals surface area contributed by atoms with Gasteiger partial charge in [0.1, 0.15) is 0 Å². The van der Waals surface area contributed by atoms with E-state index in [-0.39, 0.29) is 23.6 Å². The van der Waals surface area contributed by atoms with Crippen LogP contribution in [0.15, 0.2) is 108 Å². The number of halogens is 1. The Bertz CT molecular complexity index is 1380. The van der Waals surface area contributed by atoms with Crippen LogP contribution < -0.4 is 4.31 Å². The molecular weight excluding hydrogens is 466 g/mol. The Morgan fingerprint density at radius 2 is 1.41 bits per heavy atom. The summed E-state index contributed by atoms with van der Waals surface area (Å²) >= 11 is 6.02. The van der Waals surface area contributed by atoms with Crippen molar-refractivity contribution < 1.29 is 13.2 Å². The zero-order valence-corrected chi connectivity index (χ0v) is 20.3. The van der Waals surface area contributed by atoms with E-state index in [0.29, 0.717) is 10.7 Å². The third kappa shape index (κ3) is 5.38. The van der Waals surface area contributed by atoms with Crippen LogP contribution in [0.2, 0.25) is 5.02 Å². The quantitative estimate of drug-likeness (QED) is 0.291. The van der Waals surface area contributed by atoms with Crippen molar-refractivity contribution in [1.29, 1.82) is 0 Å². The minimum Gasteiger partial charge on any atom is -0.297 e. The molecule has 0 spiro atoms. The number of rotatable bonds is 8. The van der Waals surface area contributed by atoms with Crippen molar-refractivity contribution in [3.05, 3.63) is 119 Å². The number of benzene rings is 4. The molecule has 0 saturated carbocycles. The molecule has 4 rings (SSSR count). The van der Waals surface area contributed by atoms with Gasteiger partial charge >= 0.3 is 0 Å². The van der Waals surface area contributed by atoms with E-state index >= 15 is 0 Å². The fraction of sp³-hybridized carbons (Fsp3) is 0.107. The van der Waals surface area contributed by atoms with Gasteiger partial charge in [-0.25, -0.2) is 8.42 Å². The number of hydrogen-bond donors (Lipinski definition) is 0. The monoisotopic (exact) mass is 489 g/mol. The molecule has 4 aromatic rings. The van der Waals surface area contributed by atoms with Gasteiger partial charge in [-0.3, -0.25) is 9.10 Å². The standard InChI is InChI=1S/C28H24ClNO3S/c1-21-11-17-27(18-12-21)34(32,33)30(25-15-13-24(29)14-16-25)20-26(31)19-23-9-5-6-10-28(23)22-7-3-2-4-8-22/h2-18H,19-20H2,1H3. The minimum atomic E-state index is -3.96. The summed E-state index contributed by atoms with van der Waals surface area (Å²) in [6, 6.07) is 30.6. The average molecular weight is 490 g/mol. The van der Waals surface area contributed by atoms with E-state index in [4.69, 9.17) is 11.6 Å². The fourth-order valence-electron chi connectivity index (χ4n) is 3.76. The molecule has 6 heteroatoms. The van der Waals surface area contributed by atoms with E-state index in [2.05, 4.69) is 0 Å². The molecule has 172 valence electrons. The second kappa shape index (κ2) is 10.2. The topological polar surface area (TPSA) is 54.5 Å². The summed E-state index contributed by atoms with van der Waals surface area (Å²) in [7, 11) is -3.96. The first-order chi connectivity index (χ1) is 16.3. The van der Waals surface area contributed by atoms with Crippen molar-refractivity contribution in [1.82, 2.24) is 0 Å². The molecule has 0 heterocycles. The van der Waals surface area contributed by atoms with Crippen LogP contribution in [0, 0.1) is 6.92 Å². The summed E-state index contributed by atoms with van der Waals surface area (Å²) in [6.45, 7) is 1.60. The molecule has 4 aromatic carbocycles. The highest BCUT2D eigenvalue weighted by atomic mass is 35.5. The highest BCUT2D eigenvalue weighted by molar-refractivity contribution is 7.92. The van der Waals surface area contributed by atoms with E-state index in [0.717, 1.165) is 26.6 Å². The molecule has 0 unspecified atom stereocenters. The maximum absolute atomic E-state index is 13.5. The summed E-state index contributed by atoms with van der Waals surface area (Å²) in [5.74, 6) is -0.214. The first kappa shape index (κ1) is 23.7. The number of nitrogens with zero attached hydrogens (tertiary/aromatic N) is 1. The molecule has 0 aliphatic carbocycles. The number of carbonyl (C=O) groups is 1. The minimum absolute atomic E-state index is 0.110. The van der Waals surface area contributed by atoms with Crippen molar-refractivity contribution in [3.63, 3.8) is 0 Å². The van der Waals surface area contributed by atoms with Gasteiger partial charge in [0.05, 0.1) is 17.1 Å². The molecule has 0 aliphatic heterocycles. The van der Waals surface area contributed by atoms with Gasteiger partial charge in [-0.2, -0.15) is 0 Å². The van der Waals surface area contributed by atoms with Crippen molar-refractivity contribution in [2.75, 3.05) is 10.8 Å². The van der Waals surface area contributed by atoms with E-state index < -0.39 is 10.0 Å². The van der Waals surface area contributed by atoms with Crippen LogP contribution >= 0.6 is 11.6 Å². The summed E-state index contributed by atoms with van der Waals surface area (Å²) in [4.78, 5) is 13.4. The summed E-state index contributed by atoms with van der Waals surface area (Å²) in [5, 5.41) is 0.486. The van der Waals surface area contributed by atoms with Gasteiger partial charge in [-0.05, 0) is 60.0 Å². The molecule has 0 atom stereocenters. The second-order valence-corrected chi connectivity index (χ2v) is 10.3. The fourth-order valence-corrected chi connectivity index (χ4v) is 5.34. The zero-order valence-electron chi connectivity index (χ0n) is 18.7. The Balaban J connectivity index is 1.66. The van der Waals surface area contributed by atoms with Crippen molar-refractivity contribution in [2.24, 2.45) is 0 Å². The van der Waals surface area contributed by atoms with Crippen molar-refractivity contribution >= 4 is 33.1 Å². The molecule has 0 saturated heterocycles. The average Bonchev–Trinajstić information content (AvgIpc) is 2.84.